The van der Waals surface area contributed by atoms with Crippen molar-refractivity contribution >= 4 is 17.7 Å². The molecule has 1 aliphatic heterocycles. The summed E-state index contributed by atoms with van der Waals surface area (Å²) >= 11 is 0. The number of aromatic nitrogens is 4. The zero-order valence-electron chi connectivity index (χ0n) is 15.7. The molecule has 140 valence electrons. The Kier molecular flexibility index (Phi) is 5.39. The van der Waals surface area contributed by atoms with E-state index in [1.807, 2.05) is 32.9 Å². The number of nitrogens with zero attached hydrogens (tertiary/aromatic N) is 5. The molecule has 3 heterocycles. The van der Waals surface area contributed by atoms with E-state index in [9.17, 15) is 4.79 Å². The third-order valence-electron chi connectivity index (χ3n) is 4.78. The van der Waals surface area contributed by atoms with Gasteiger partial charge in [-0.1, -0.05) is 0 Å². The minimum Gasteiger partial charge on any atom is -0.368 e. The van der Waals surface area contributed by atoms with Crippen molar-refractivity contribution in [3.8, 4) is 0 Å². The quantitative estimate of drug-likeness (QED) is 0.834. The van der Waals surface area contributed by atoms with Gasteiger partial charge in [-0.3, -0.25) is 9.48 Å². The summed E-state index contributed by atoms with van der Waals surface area (Å²) in [5.41, 5.74) is 8.57. The van der Waals surface area contributed by atoms with Crippen molar-refractivity contribution in [3.63, 3.8) is 0 Å². The standard InChI is InChI=1S/C18H27N7O/c1-12-9-16(22-18(19)21-12)24-6-4-15(5-7-24)10-20-17(26)11-25-14(3)8-13(2)23-25/h8-9,15H,4-7,10-11H2,1-3H3,(H,20,26)(H2,19,21,22). The van der Waals surface area contributed by atoms with E-state index < -0.39 is 0 Å². The van der Waals surface area contributed by atoms with Crippen molar-refractivity contribution < 1.29 is 4.79 Å². The lowest BCUT2D eigenvalue weighted by Crippen LogP contribution is -2.40. The molecule has 1 saturated heterocycles. The van der Waals surface area contributed by atoms with Gasteiger partial charge < -0.3 is 16.0 Å². The maximum absolute atomic E-state index is 12.2. The number of nitrogens with two attached hydrogens (primary N) is 1. The molecule has 8 heteroatoms. The van der Waals surface area contributed by atoms with Crippen LogP contribution >= 0.6 is 0 Å². The number of anilines is 2. The number of carbonyl (C=O) groups excluding carboxylic acids is 1. The summed E-state index contributed by atoms with van der Waals surface area (Å²) in [6.45, 7) is 8.62. The van der Waals surface area contributed by atoms with Crippen molar-refractivity contribution in [3.05, 3.63) is 29.2 Å². The third kappa shape index (κ3) is 4.50. The Morgan fingerprint density at radius 2 is 1.92 bits per heavy atom. The number of nitrogens with one attached hydrogen (secondary N) is 1. The lowest BCUT2D eigenvalue weighted by molar-refractivity contribution is -0.122. The zero-order valence-corrected chi connectivity index (χ0v) is 15.7. The van der Waals surface area contributed by atoms with Crippen LogP contribution in [0.4, 0.5) is 11.8 Å². The Bertz CT molecular complexity index is 758. The van der Waals surface area contributed by atoms with Gasteiger partial charge in [-0.25, -0.2) is 4.98 Å². The Hall–Kier alpha value is -2.64. The number of nitrogen functional groups attached to an aromatic ring is 1. The average Bonchev–Trinajstić information content (AvgIpc) is 2.90. The average molecular weight is 357 g/mol. The highest BCUT2D eigenvalue weighted by Crippen LogP contribution is 2.22. The van der Waals surface area contributed by atoms with Crippen LogP contribution in [0.5, 0.6) is 0 Å². The summed E-state index contributed by atoms with van der Waals surface area (Å²) in [6.07, 6.45) is 2.03. The van der Waals surface area contributed by atoms with Gasteiger partial charge in [0, 0.05) is 37.1 Å². The van der Waals surface area contributed by atoms with Crippen molar-refractivity contribution in [2.45, 2.75) is 40.2 Å². The molecule has 1 fully saturated rings. The molecular formula is C18H27N7O. The number of rotatable bonds is 5. The Morgan fingerprint density at radius 3 is 2.54 bits per heavy atom. The van der Waals surface area contributed by atoms with E-state index in [-0.39, 0.29) is 12.5 Å². The minimum absolute atomic E-state index is 0.0119. The Balaban J connectivity index is 1.45. The number of carbonyl (C=O) groups is 1. The normalized spacial score (nSPS) is 15.3. The van der Waals surface area contributed by atoms with Gasteiger partial charge in [0.1, 0.15) is 12.4 Å². The van der Waals surface area contributed by atoms with E-state index in [0.717, 1.165) is 48.8 Å². The lowest BCUT2D eigenvalue weighted by Gasteiger charge is -2.33. The molecule has 1 amide bonds. The minimum atomic E-state index is 0.0119. The smallest absolute Gasteiger partial charge is 0.241 e. The van der Waals surface area contributed by atoms with E-state index in [1.165, 1.54) is 0 Å². The van der Waals surface area contributed by atoms with Gasteiger partial charge in [-0.15, -0.1) is 0 Å². The first-order valence-electron chi connectivity index (χ1n) is 9.04. The van der Waals surface area contributed by atoms with Gasteiger partial charge in [0.05, 0.1) is 5.69 Å². The summed E-state index contributed by atoms with van der Waals surface area (Å²) < 4.78 is 1.75. The summed E-state index contributed by atoms with van der Waals surface area (Å²) in [4.78, 5) is 22.8. The maximum Gasteiger partial charge on any atom is 0.241 e. The number of hydrogen-bond donors (Lipinski definition) is 2. The molecule has 0 aromatic carbocycles. The molecule has 0 aliphatic carbocycles. The first kappa shape index (κ1) is 18.2. The highest BCUT2D eigenvalue weighted by molar-refractivity contribution is 5.75. The van der Waals surface area contributed by atoms with Gasteiger partial charge in [0.15, 0.2) is 0 Å². The summed E-state index contributed by atoms with van der Waals surface area (Å²) in [6, 6.07) is 3.94. The third-order valence-corrected chi connectivity index (χ3v) is 4.78. The maximum atomic E-state index is 12.2. The van der Waals surface area contributed by atoms with Gasteiger partial charge in [-0.2, -0.15) is 10.1 Å². The fourth-order valence-electron chi connectivity index (χ4n) is 3.39. The van der Waals surface area contributed by atoms with E-state index in [1.54, 1.807) is 4.68 Å². The molecule has 0 unspecified atom stereocenters. The molecular weight excluding hydrogens is 330 g/mol. The molecule has 0 radical (unpaired) electrons. The fourth-order valence-corrected chi connectivity index (χ4v) is 3.39. The number of hydrogen-bond acceptors (Lipinski definition) is 6. The molecule has 0 saturated carbocycles. The van der Waals surface area contributed by atoms with Crippen LogP contribution in [0.2, 0.25) is 0 Å². The molecule has 0 atom stereocenters. The first-order chi connectivity index (χ1) is 12.4. The summed E-state index contributed by atoms with van der Waals surface area (Å²) in [7, 11) is 0. The number of aryl methyl sites for hydroxylation is 3. The van der Waals surface area contributed by atoms with Crippen molar-refractivity contribution in [2.75, 3.05) is 30.3 Å². The first-order valence-corrected chi connectivity index (χ1v) is 9.04. The molecule has 1 aliphatic rings. The Morgan fingerprint density at radius 1 is 1.19 bits per heavy atom. The molecule has 3 N–H and O–H groups in total. The van der Waals surface area contributed by atoms with Crippen LogP contribution in [0.25, 0.3) is 0 Å². The van der Waals surface area contributed by atoms with Crippen molar-refractivity contribution in [2.24, 2.45) is 5.92 Å². The second-order valence-electron chi connectivity index (χ2n) is 7.04. The summed E-state index contributed by atoms with van der Waals surface area (Å²) in [5.74, 6) is 1.70. The van der Waals surface area contributed by atoms with E-state index in [2.05, 4.69) is 25.3 Å². The topological polar surface area (TPSA) is 102 Å². The van der Waals surface area contributed by atoms with Crippen LogP contribution in [0.3, 0.4) is 0 Å². The van der Waals surface area contributed by atoms with E-state index in [0.29, 0.717) is 18.4 Å². The number of piperidine rings is 1. The van der Waals surface area contributed by atoms with Crippen LogP contribution in [-0.4, -0.2) is 45.3 Å². The molecule has 2 aromatic heterocycles. The number of amides is 1. The van der Waals surface area contributed by atoms with Gasteiger partial charge in [-0.05, 0) is 45.6 Å². The predicted molar refractivity (Wildman–Crippen MR) is 101 cm³/mol. The highest BCUT2D eigenvalue weighted by atomic mass is 16.2. The lowest BCUT2D eigenvalue weighted by atomic mass is 9.97. The summed E-state index contributed by atoms with van der Waals surface area (Å²) in [5, 5.41) is 7.38. The molecule has 2 aromatic rings. The zero-order chi connectivity index (χ0) is 18.7. The van der Waals surface area contributed by atoms with Crippen LogP contribution in [0.15, 0.2) is 12.1 Å². The monoisotopic (exact) mass is 357 g/mol. The molecule has 8 nitrogen and oxygen atoms in total. The van der Waals surface area contributed by atoms with Gasteiger partial charge in [0.25, 0.3) is 0 Å². The van der Waals surface area contributed by atoms with E-state index >= 15 is 0 Å². The Labute approximate surface area is 153 Å². The predicted octanol–water partition coefficient (Wildman–Crippen LogP) is 1.21. The van der Waals surface area contributed by atoms with Crippen LogP contribution in [-0.2, 0) is 11.3 Å². The van der Waals surface area contributed by atoms with Gasteiger partial charge >= 0.3 is 0 Å². The van der Waals surface area contributed by atoms with E-state index in [4.69, 9.17) is 5.73 Å². The van der Waals surface area contributed by atoms with Gasteiger partial charge in [0.2, 0.25) is 11.9 Å². The fraction of sp³-hybridized carbons (Fsp3) is 0.556. The molecule has 0 spiro atoms. The van der Waals surface area contributed by atoms with Crippen molar-refractivity contribution in [1.82, 2.24) is 25.1 Å². The second-order valence-corrected chi connectivity index (χ2v) is 7.04. The van der Waals surface area contributed by atoms with Crippen LogP contribution in [0.1, 0.15) is 29.9 Å². The molecule has 3 rings (SSSR count). The molecule has 26 heavy (non-hydrogen) atoms. The SMILES string of the molecule is Cc1cc(N2CCC(CNC(=O)Cn3nc(C)cc3C)CC2)nc(N)n1. The molecule has 0 bridgehead atoms. The van der Waals surface area contributed by atoms with Crippen LogP contribution < -0.4 is 16.0 Å². The highest BCUT2D eigenvalue weighted by Gasteiger charge is 2.21. The largest absolute Gasteiger partial charge is 0.368 e. The van der Waals surface area contributed by atoms with Crippen LogP contribution in [0, 0.1) is 26.7 Å². The second kappa shape index (κ2) is 7.72. The van der Waals surface area contributed by atoms with Crippen molar-refractivity contribution in [1.29, 1.82) is 0 Å².